The van der Waals surface area contributed by atoms with Gasteiger partial charge in [-0.3, -0.25) is 30.9 Å². The fourth-order valence-corrected chi connectivity index (χ4v) is 1.06. The third kappa shape index (κ3) is 1.96. The molecule has 1 unspecified atom stereocenters. The summed E-state index contributed by atoms with van der Waals surface area (Å²) < 4.78 is 0. The highest BCUT2D eigenvalue weighted by molar-refractivity contribution is 5.97. The Labute approximate surface area is 82.5 Å². The lowest BCUT2D eigenvalue weighted by Crippen LogP contribution is -2.35. The minimum absolute atomic E-state index is 0.247. The second kappa shape index (κ2) is 3.84. The molecule has 0 spiro atoms. The molecule has 0 aromatic carbocycles. The van der Waals surface area contributed by atoms with Gasteiger partial charge in [0, 0.05) is 11.0 Å². The molecule has 0 aromatic rings. The van der Waals surface area contributed by atoms with Crippen molar-refractivity contribution in [2.45, 2.75) is 6.04 Å². The number of ketones is 1. The van der Waals surface area contributed by atoms with E-state index in [1.807, 2.05) is 5.43 Å². The van der Waals surface area contributed by atoms with Crippen LogP contribution in [0.15, 0.2) is 23.5 Å². The molecule has 0 fully saturated rings. The molecule has 1 aliphatic carbocycles. The molecule has 9 heteroatoms. The number of carbonyl (C=O) groups excluding carboxylic acids is 1. The first kappa shape index (κ1) is 10.8. The van der Waals surface area contributed by atoms with Crippen LogP contribution < -0.4 is 11.3 Å². The van der Waals surface area contributed by atoms with Crippen LogP contribution in [-0.2, 0) is 4.79 Å². The Morgan fingerprint density at radius 3 is 2.40 bits per heavy atom. The fourth-order valence-electron chi connectivity index (χ4n) is 1.06. The van der Waals surface area contributed by atoms with E-state index in [-0.39, 0.29) is 5.70 Å². The second-order valence-electron chi connectivity index (χ2n) is 2.64. The molecular weight excluding hydrogens is 208 g/mol. The van der Waals surface area contributed by atoms with Gasteiger partial charge in [-0.05, 0) is 0 Å². The molecule has 1 atom stereocenters. The van der Waals surface area contributed by atoms with E-state index in [1.165, 1.54) is 0 Å². The third-order valence-electron chi connectivity index (χ3n) is 1.75. The van der Waals surface area contributed by atoms with Crippen molar-refractivity contribution in [1.29, 1.82) is 0 Å². The van der Waals surface area contributed by atoms with Crippen LogP contribution in [0.25, 0.3) is 0 Å². The number of carbonyl (C=O) groups is 1. The van der Waals surface area contributed by atoms with Crippen LogP contribution in [-0.4, -0.2) is 21.7 Å². The van der Waals surface area contributed by atoms with Gasteiger partial charge >= 0.3 is 0 Å². The lowest BCUT2D eigenvalue weighted by Gasteiger charge is -2.10. The van der Waals surface area contributed by atoms with Crippen LogP contribution in [0.1, 0.15) is 0 Å². The predicted octanol–water partition coefficient (Wildman–Crippen LogP) is -1.28. The monoisotopic (exact) mass is 214 g/mol. The third-order valence-corrected chi connectivity index (χ3v) is 1.75. The van der Waals surface area contributed by atoms with Crippen LogP contribution in [0, 0.1) is 20.2 Å². The van der Waals surface area contributed by atoms with E-state index in [0.717, 1.165) is 6.08 Å². The molecule has 0 saturated carbocycles. The Hall–Kier alpha value is -2.29. The van der Waals surface area contributed by atoms with Gasteiger partial charge in [0.25, 0.3) is 11.7 Å². The zero-order chi connectivity index (χ0) is 11.6. The number of hydrogen-bond acceptors (Lipinski definition) is 7. The SMILES string of the molecule is NNC1=CC(=O)C([N+](=O)[O-])C=C1[N+](=O)[O-]. The molecule has 9 nitrogen and oxygen atoms in total. The van der Waals surface area contributed by atoms with E-state index < -0.39 is 27.4 Å². The molecule has 0 aliphatic heterocycles. The molecule has 80 valence electrons. The van der Waals surface area contributed by atoms with Crippen molar-refractivity contribution in [1.82, 2.24) is 5.43 Å². The quantitative estimate of drug-likeness (QED) is 0.338. The maximum Gasteiger partial charge on any atom is 0.299 e. The lowest BCUT2D eigenvalue weighted by molar-refractivity contribution is -0.497. The van der Waals surface area contributed by atoms with Crippen LogP contribution in [0.4, 0.5) is 0 Å². The first-order valence-electron chi connectivity index (χ1n) is 3.69. The summed E-state index contributed by atoms with van der Waals surface area (Å²) in [4.78, 5) is 30.2. The maximum absolute atomic E-state index is 11.1. The lowest BCUT2D eigenvalue weighted by atomic mass is 10.0. The van der Waals surface area contributed by atoms with Gasteiger partial charge < -0.3 is 5.43 Å². The molecule has 0 radical (unpaired) electrons. The largest absolute Gasteiger partial charge is 0.318 e. The minimum atomic E-state index is -1.72. The first-order valence-corrected chi connectivity index (χ1v) is 3.69. The van der Waals surface area contributed by atoms with Crippen molar-refractivity contribution in [3.63, 3.8) is 0 Å². The average molecular weight is 214 g/mol. The zero-order valence-corrected chi connectivity index (χ0v) is 7.25. The van der Waals surface area contributed by atoms with Crippen molar-refractivity contribution >= 4 is 5.78 Å². The van der Waals surface area contributed by atoms with Gasteiger partial charge in [-0.25, -0.2) is 0 Å². The van der Waals surface area contributed by atoms with Crippen LogP contribution in [0.2, 0.25) is 0 Å². The number of nitro groups is 2. The van der Waals surface area contributed by atoms with E-state index in [0.29, 0.717) is 6.08 Å². The van der Waals surface area contributed by atoms with Crippen LogP contribution >= 0.6 is 0 Å². The van der Waals surface area contributed by atoms with Gasteiger partial charge in [0.1, 0.15) is 5.70 Å². The molecular formula is C6H6N4O5. The highest BCUT2D eigenvalue weighted by atomic mass is 16.6. The van der Waals surface area contributed by atoms with Crippen molar-refractivity contribution in [3.05, 3.63) is 43.8 Å². The molecule has 0 heterocycles. The molecule has 0 saturated heterocycles. The van der Waals surface area contributed by atoms with Gasteiger partial charge in [0.2, 0.25) is 5.78 Å². The number of nitrogens with two attached hydrogens (primary N) is 1. The Morgan fingerprint density at radius 1 is 1.40 bits per heavy atom. The van der Waals surface area contributed by atoms with E-state index in [2.05, 4.69) is 0 Å². The molecule has 0 aromatic heterocycles. The Kier molecular flexibility index (Phi) is 2.76. The molecule has 15 heavy (non-hydrogen) atoms. The van der Waals surface area contributed by atoms with E-state index in [1.54, 1.807) is 0 Å². The number of nitrogens with one attached hydrogen (secondary N) is 1. The highest BCUT2D eigenvalue weighted by Gasteiger charge is 2.36. The van der Waals surface area contributed by atoms with Crippen molar-refractivity contribution in [3.8, 4) is 0 Å². The summed E-state index contributed by atoms with van der Waals surface area (Å²) >= 11 is 0. The molecule has 1 aliphatic rings. The number of nitrogens with zero attached hydrogens (tertiary/aromatic N) is 2. The molecule has 0 amide bonds. The van der Waals surface area contributed by atoms with Gasteiger partial charge in [0.15, 0.2) is 0 Å². The second-order valence-corrected chi connectivity index (χ2v) is 2.64. The summed E-state index contributed by atoms with van der Waals surface area (Å²) in [5.41, 5.74) is 1.10. The minimum Gasteiger partial charge on any atom is -0.318 e. The van der Waals surface area contributed by atoms with Gasteiger partial charge in [0.05, 0.1) is 11.0 Å². The summed E-state index contributed by atoms with van der Waals surface area (Å²) in [6.07, 6.45) is 1.39. The van der Waals surface area contributed by atoms with Gasteiger partial charge in [-0.1, -0.05) is 0 Å². The smallest absolute Gasteiger partial charge is 0.299 e. The van der Waals surface area contributed by atoms with Crippen LogP contribution in [0.5, 0.6) is 0 Å². The van der Waals surface area contributed by atoms with Crippen molar-refractivity contribution in [2.24, 2.45) is 5.84 Å². The van der Waals surface area contributed by atoms with Crippen molar-refractivity contribution in [2.75, 3.05) is 0 Å². The summed E-state index contributed by atoms with van der Waals surface area (Å²) in [5.74, 6) is 4.07. The topological polar surface area (TPSA) is 141 Å². The molecule has 1 rings (SSSR count). The first-order chi connectivity index (χ1) is 6.97. The fraction of sp³-hybridized carbons (Fsp3) is 0.167. The maximum atomic E-state index is 11.1. The summed E-state index contributed by atoms with van der Waals surface area (Å²) in [6, 6.07) is -1.72. The Balaban J connectivity index is 3.15. The zero-order valence-electron chi connectivity index (χ0n) is 7.25. The number of rotatable bonds is 3. The molecule has 3 N–H and O–H groups in total. The number of hydrazine groups is 1. The summed E-state index contributed by atoms with van der Waals surface area (Å²) in [7, 11) is 0. The van der Waals surface area contributed by atoms with E-state index >= 15 is 0 Å². The highest BCUT2D eigenvalue weighted by Crippen LogP contribution is 2.16. The number of hydrogen-bond donors (Lipinski definition) is 2. The van der Waals surface area contributed by atoms with Gasteiger partial charge in [-0.15, -0.1) is 0 Å². The Morgan fingerprint density at radius 2 is 2.00 bits per heavy atom. The summed E-state index contributed by atoms with van der Waals surface area (Å²) in [6.45, 7) is 0. The normalized spacial score (nSPS) is 20.3. The Bertz CT molecular complexity index is 398. The van der Waals surface area contributed by atoms with Crippen molar-refractivity contribution < 1.29 is 14.6 Å². The van der Waals surface area contributed by atoms with Crippen LogP contribution in [0.3, 0.4) is 0 Å². The average Bonchev–Trinajstić information content (AvgIpc) is 2.16. The standard InChI is InChI=1S/C6H6N4O5/c7-8-3-1-6(11)5(10(14)15)2-4(3)9(12)13/h1-2,5,8H,7H2. The summed E-state index contributed by atoms with van der Waals surface area (Å²) in [5, 5.41) is 20.8. The molecule has 0 bridgehead atoms. The van der Waals surface area contributed by atoms with E-state index in [4.69, 9.17) is 5.84 Å². The van der Waals surface area contributed by atoms with Gasteiger partial charge in [-0.2, -0.15) is 0 Å². The predicted molar refractivity (Wildman–Crippen MR) is 46.3 cm³/mol. The van der Waals surface area contributed by atoms with E-state index in [9.17, 15) is 25.0 Å².